The van der Waals surface area contributed by atoms with E-state index in [4.69, 9.17) is 10.2 Å². The first-order valence-electron chi connectivity index (χ1n) is 7.59. The standard InChI is InChI=1S/C17H24N4O/c1-5-6-16-20-13(4)15(22-16)10-19-17(18)21-14-8-7-11(2)12(3)9-14/h7-9H,5-6,10H2,1-4H3,(H3,18,19,21). The van der Waals surface area contributed by atoms with Crippen molar-refractivity contribution in [2.45, 2.75) is 47.1 Å². The minimum absolute atomic E-state index is 0.371. The molecule has 0 fully saturated rings. The molecular formula is C17H24N4O. The third-order valence-electron chi connectivity index (χ3n) is 3.57. The van der Waals surface area contributed by atoms with Crippen molar-refractivity contribution < 1.29 is 4.42 Å². The van der Waals surface area contributed by atoms with Gasteiger partial charge in [-0.2, -0.15) is 0 Å². The molecule has 1 aromatic heterocycles. The Hall–Kier alpha value is -2.30. The van der Waals surface area contributed by atoms with Gasteiger partial charge in [-0.05, 0) is 50.5 Å². The molecule has 0 saturated heterocycles. The van der Waals surface area contributed by atoms with Crippen molar-refractivity contribution in [3.05, 3.63) is 46.7 Å². The summed E-state index contributed by atoms with van der Waals surface area (Å²) in [6, 6.07) is 6.10. The predicted molar refractivity (Wildman–Crippen MR) is 90.1 cm³/mol. The average molecular weight is 300 g/mol. The molecule has 0 unspecified atom stereocenters. The quantitative estimate of drug-likeness (QED) is 0.654. The van der Waals surface area contributed by atoms with Crippen molar-refractivity contribution in [2.75, 3.05) is 5.32 Å². The molecule has 22 heavy (non-hydrogen) atoms. The molecule has 0 spiro atoms. The summed E-state index contributed by atoms with van der Waals surface area (Å²) in [5.74, 6) is 1.91. The minimum Gasteiger partial charge on any atom is -0.443 e. The van der Waals surface area contributed by atoms with Crippen LogP contribution in [-0.2, 0) is 13.0 Å². The Kier molecular flexibility index (Phi) is 5.20. The molecule has 2 aromatic rings. The van der Waals surface area contributed by atoms with E-state index in [1.165, 1.54) is 11.1 Å². The van der Waals surface area contributed by atoms with Crippen LogP contribution in [0.4, 0.5) is 5.69 Å². The normalized spacial score (nSPS) is 11.7. The van der Waals surface area contributed by atoms with Gasteiger partial charge in [-0.3, -0.25) is 0 Å². The van der Waals surface area contributed by atoms with Gasteiger partial charge in [-0.25, -0.2) is 9.98 Å². The maximum Gasteiger partial charge on any atom is 0.194 e. The Morgan fingerprint density at radius 1 is 1.27 bits per heavy atom. The molecule has 1 aromatic carbocycles. The van der Waals surface area contributed by atoms with Gasteiger partial charge in [0, 0.05) is 12.1 Å². The second-order valence-corrected chi connectivity index (χ2v) is 5.49. The number of oxazole rings is 1. The number of rotatable bonds is 5. The first-order valence-corrected chi connectivity index (χ1v) is 7.59. The average Bonchev–Trinajstić information content (AvgIpc) is 2.81. The molecule has 0 atom stereocenters. The Morgan fingerprint density at radius 2 is 2.05 bits per heavy atom. The molecule has 5 nitrogen and oxygen atoms in total. The molecule has 0 bridgehead atoms. The second-order valence-electron chi connectivity index (χ2n) is 5.49. The lowest BCUT2D eigenvalue weighted by Gasteiger charge is -2.07. The fraction of sp³-hybridized carbons (Fsp3) is 0.412. The SMILES string of the molecule is CCCc1nc(C)c(CN=C(N)Nc2ccc(C)c(C)c2)o1. The molecular weight excluding hydrogens is 276 g/mol. The highest BCUT2D eigenvalue weighted by Crippen LogP contribution is 2.15. The predicted octanol–water partition coefficient (Wildman–Crippen LogP) is 3.48. The number of anilines is 1. The summed E-state index contributed by atoms with van der Waals surface area (Å²) in [6.07, 6.45) is 1.86. The zero-order valence-corrected chi connectivity index (χ0v) is 13.7. The highest BCUT2D eigenvalue weighted by atomic mass is 16.4. The van der Waals surface area contributed by atoms with Crippen LogP contribution in [0.2, 0.25) is 0 Å². The zero-order valence-electron chi connectivity index (χ0n) is 13.7. The van der Waals surface area contributed by atoms with Crippen molar-refractivity contribution in [2.24, 2.45) is 10.7 Å². The third-order valence-corrected chi connectivity index (χ3v) is 3.57. The van der Waals surface area contributed by atoms with Crippen LogP contribution in [0.5, 0.6) is 0 Å². The molecule has 3 N–H and O–H groups in total. The van der Waals surface area contributed by atoms with Gasteiger partial charge in [0.15, 0.2) is 11.9 Å². The van der Waals surface area contributed by atoms with E-state index in [1.54, 1.807) is 0 Å². The van der Waals surface area contributed by atoms with Gasteiger partial charge in [0.2, 0.25) is 0 Å². The van der Waals surface area contributed by atoms with Crippen LogP contribution in [0.3, 0.4) is 0 Å². The highest BCUT2D eigenvalue weighted by molar-refractivity contribution is 5.92. The summed E-state index contributed by atoms with van der Waals surface area (Å²) in [7, 11) is 0. The van der Waals surface area contributed by atoms with Gasteiger partial charge in [0.05, 0.1) is 5.69 Å². The van der Waals surface area contributed by atoms with Gasteiger partial charge in [-0.1, -0.05) is 13.0 Å². The van der Waals surface area contributed by atoms with Gasteiger partial charge < -0.3 is 15.5 Å². The first-order chi connectivity index (χ1) is 10.5. The van der Waals surface area contributed by atoms with Crippen LogP contribution < -0.4 is 11.1 Å². The van der Waals surface area contributed by atoms with Crippen molar-refractivity contribution in [1.82, 2.24) is 4.98 Å². The van der Waals surface area contributed by atoms with E-state index in [9.17, 15) is 0 Å². The van der Waals surface area contributed by atoms with E-state index in [0.717, 1.165) is 35.9 Å². The van der Waals surface area contributed by atoms with Gasteiger partial charge in [-0.15, -0.1) is 0 Å². The summed E-state index contributed by atoms with van der Waals surface area (Å²) in [5.41, 5.74) is 10.2. The summed E-state index contributed by atoms with van der Waals surface area (Å²) in [4.78, 5) is 8.71. The van der Waals surface area contributed by atoms with Gasteiger partial charge in [0.25, 0.3) is 0 Å². The molecule has 5 heteroatoms. The minimum atomic E-state index is 0.371. The Balaban J connectivity index is 2.01. The molecule has 0 radical (unpaired) electrons. The first kappa shape index (κ1) is 16.1. The molecule has 0 aliphatic carbocycles. The van der Waals surface area contributed by atoms with Crippen LogP contribution in [-0.4, -0.2) is 10.9 Å². The topological polar surface area (TPSA) is 76.4 Å². The number of aromatic nitrogens is 1. The number of nitrogens with zero attached hydrogens (tertiary/aromatic N) is 2. The summed E-state index contributed by atoms with van der Waals surface area (Å²) < 4.78 is 5.69. The Bertz CT molecular complexity index is 673. The van der Waals surface area contributed by atoms with Crippen LogP contribution in [0.15, 0.2) is 27.6 Å². The smallest absolute Gasteiger partial charge is 0.194 e. The van der Waals surface area contributed by atoms with Crippen LogP contribution in [0.25, 0.3) is 0 Å². The highest BCUT2D eigenvalue weighted by Gasteiger charge is 2.08. The molecule has 2 rings (SSSR count). The molecule has 0 aliphatic rings. The van der Waals surface area contributed by atoms with Crippen LogP contribution in [0, 0.1) is 20.8 Å². The molecule has 118 valence electrons. The molecule has 0 aliphatic heterocycles. The van der Waals surface area contributed by atoms with E-state index < -0.39 is 0 Å². The number of guanidine groups is 1. The van der Waals surface area contributed by atoms with Crippen molar-refractivity contribution in [1.29, 1.82) is 0 Å². The fourth-order valence-electron chi connectivity index (χ4n) is 2.12. The van der Waals surface area contributed by atoms with Gasteiger partial charge in [0.1, 0.15) is 12.3 Å². The Morgan fingerprint density at radius 3 is 2.73 bits per heavy atom. The largest absolute Gasteiger partial charge is 0.443 e. The zero-order chi connectivity index (χ0) is 16.1. The number of benzene rings is 1. The number of nitrogens with two attached hydrogens (primary N) is 1. The number of hydrogen-bond acceptors (Lipinski definition) is 3. The van der Waals surface area contributed by atoms with Crippen molar-refractivity contribution in [3.8, 4) is 0 Å². The lowest BCUT2D eigenvalue weighted by atomic mass is 10.1. The lowest BCUT2D eigenvalue weighted by molar-refractivity contribution is 0.453. The van der Waals surface area contributed by atoms with Crippen molar-refractivity contribution in [3.63, 3.8) is 0 Å². The third kappa shape index (κ3) is 4.10. The van der Waals surface area contributed by atoms with Crippen LogP contribution >= 0.6 is 0 Å². The summed E-state index contributed by atoms with van der Waals surface area (Å²) >= 11 is 0. The summed E-state index contributed by atoms with van der Waals surface area (Å²) in [6.45, 7) is 8.58. The molecule has 0 amide bonds. The fourth-order valence-corrected chi connectivity index (χ4v) is 2.12. The van der Waals surface area contributed by atoms with E-state index in [-0.39, 0.29) is 0 Å². The maximum atomic E-state index is 5.93. The van der Waals surface area contributed by atoms with E-state index in [2.05, 4.69) is 48.2 Å². The van der Waals surface area contributed by atoms with Gasteiger partial charge >= 0.3 is 0 Å². The monoisotopic (exact) mass is 300 g/mol. The van der Waals surface area contributed by atoms with E-state index in [1.807, 2.05) is 13.0 Å². The number of aliphatic imine (C=N–C) groups is 1. The van der Waals surface area contributed by atoms with E-state index in [0.29, 0.717) is 12.5 Å². The molecule has 1 heterocycles. The number of aryl methyl sites for hydroxylation is 4. The molecule has 0 saturated carbocycles. The lowest BCUT2D eigenvalue weighted by Crippen LogP contribution is -2.22. The number of nitrogens with one attached hydrogen (secondary N) is 1. The second kappa shape index (κ2) is 7.11. The van der Waals surface area contributed by atoms with Crippen molar-refractivity contribution >= 4 is 11.6 Å². The Labute approximate surface area is 131 Å². The van der Waals surface area contributed by atoms with Crippen LogP contribution in [0.1, 0.15) is 41.8 Å². The summed E-state index contributed by atoms with van der Waals surface area (Å²) in [5, 5.41) is 3.10. The van der Waals surface area contributed by atoms with E-state index >= 15 is 0 Å². The number of hydrogen-bond donors (Lipinski definition) is 2. The maximum absolute atomic E-state index is 5.93.